The number of carbonyl (C=O) groups excluding carboxylic acids is 5. The molecular weight excluding hydrogens is 424 g/mol. The smallest absolute Gasteiger partial charge is 0.322 e. The van der Waals surface area contributed by atoms with Crippen molar-refractivity contribution in [3.8, 4) is 0 Å². The maximum Gasteiger partial charge on any atom is 0.326 e. The molecule has 9 nitrogen and oxygen atoms in total. The number of urea groups is 1. The van der Waals surface area contributed by atoms with Crippen LogP contribution >= 0.6 is 11.6 Å². The van der Waals surface area contributed by atoms with Crippen LogP contribution in [0.4, 0.5) is 10.5 Å². The van der Waals surface area contributed by atoms with E-state index in [0.717, 1.165) is 0 Å². The highest BCUT2D eigenvalue weighted by molar-refractivity contribution is 6.33. The number of rotatable bonds is 3. The number of para-hydroxylation sites is 1. The van der Waals surface area contributed by atoms with Gasteiger partial charge in [0.25, 0.3) is 11.8 Å². The molecule has 0 aromatic heterocycles. The van der Waals surface area contributed by atoms with Crippen LogP contribution in [0.2, 0.25) is 5.02 Å². The van der Waals surface area contributed by atoms with E-state index in [9.17, 15) is 24.0 Å². The second kappa shape index (κ2) is 8.19. The number of imide groups is 2. The highest BCUT2D eigenvalue weighted by Gasteiger charge is 2.39. The molecule has 4 rings (SSSR count). The zero-order valence-corrected chi connectivity index (χ0v) is 16.9. The van der Waals surface area contributed by atoms with E-state index in [1.165, 1.54) is 17.0 Å². The topological polar surface area (TPSA) is 125 Å². The van der Waals surface area contributed by atoms with Crippen molar-refractivity contribution in [3.63, 3.8) is 0 Å². The van der Waals surface area contributed by atoms with Gasteiger partial charge in [0.2, 0.25) is 11.8 Å². The molecule has 3 N–H and O–H groups in total. The molecule has 0 spiro atoms. The first-order valence-corrected chi connectivity index (χ1v) is 9.86. The van der Waals surface area contributed by atoms with Crippen LogP contribution in [0, 0.1) is 0 Å². The minimum atomic E-state index is -0.768. The van der Waals surface area contributed by atoms with Crippen LogP contribution < -0.4 is 16.0 Å². The predicted octanol–water partition coefficient (Wildman–Crippen LogP) is 2.06. The quantitative estimate of drug-likeness (QED) is 0.630. The number of nitrogens with zero attached hydrogens (tertiary/aromatic N) is 1. The van der Waals surface area contributed by atoms with Gasteiger partial charge in [0.15, 0.2) is 0 Å². The van der Waals surface area contributed by atoms with E-state index in [2.05, 4.69) is 16.0 Å². The number of halogens is 1. The fourth-order valence-corrected chi connectivity index (χ4v) is 3.77. The molecule has 1 saturated heterocycles. The molecule has 6 amide bonds. The van der Waals surface area contributed by atoms with E-state index in [0.29, 0.717) is 16.3 Å². The van der Waals surface area contributed by atoms with Crippen LogP contribution in [0.1, 0.15) is 39.1 Å². The molecule has 0 aliphatic carbocycles. The largest absolute Gasteiger partial charge is 0.326 e. The van der Waals surface area contributed by atoms with Crippen molar-refractivity contribution in [2.24, 2.45) is 0 Å². The van der Waals surface area contributed by atoms with Crippen LogP contribution in [-0.4, -0.2) is 40.6 Å². The molecule has 2 aromatic rings. The molecule has 2 heterocycles. The summed E-state index contributed by atoms with van der Waals surface area (Å²) in [5.41, 5.74) is 1.40. The number of hydrogen-bond acceptors (Lipinski definition) is 5. The summed E-state index contributed by atoms with van der Waals surface area (Å²) < 4.78 is 0. The summed E-state index contributed by atoms with van der Waals surface area (Å²) in [5.74, 6) is -1.97. The van der Waals surface area contributed by atoms with E-state index in [1.807, 2.05) is 0 Å². The van der Waals surface area contributed by atoms with Crippen LogP contribution in [-0.2, 0) is 16.1 Å². The van der Waals surface area contributed by atoms with Crippen molar-refractivity contribution in [1.29, 1.82) is 0 Å². The van der Waals surface area contributed by atoms with Gasteiger partial charge in [0.05, 0.1) is 10.7 Å². The Morgan fingerprint density at radius 1 is 1.10 bits per heavy atom. The lowest BCUT2D eigenvalue weighted by Crippen LogP contribution is -2.52. The average molecular weight is 441 g/mol. The van der Waals surface area contributed by atoms with E-state index < -0.39 is 29.8 Å². The Balaban J connectivity index is 1.45. The Hall–Kier alpha value is -3.72. The lowest BCUT2D eigenvalue weighted by Gasteiger charge is -2.29. The summed E-state index contributed by atoms with van der Waals surface area (Å²) in [6.07, 6.45) is 0.407. The summed E-state index contributed by atoms with van der Waals surface area (Å²) in [7, 11) is 0. The average Bonchev–Trinajstić information content (AvgIpc) is 3.05. The minimum absolute atomic E-state index is 0.117. The molecular formula is C21H17ClN4O5. The summed E-state index contributed by atoms with van der Waals surface area (Å²) in [5, 5.41) is 7.23. The van der Waals surface area contributed by atoms with Gasteiger partial charge in [-0.2, -0.15) is 0 Å². The van der Waals surface area contributed by atoms with E-state index in [1.54, 1.807) is 30.3 Å². The van der Waals surface area contributed by atoms with Gasteiger partial charge in [-0.25, -0.2) is 4.79 Å². The molecule has 158 valence electrons. The lowest BCUT2D eigenvalue weighted by molar-refractivity contribution is -0.136. The number of nitrogens with one attached hydrogen (secondary N) is 3. The summed E-state index contributed by atoms with van der Waals surface area (Å²) in [4.78, 5) is 62.3. The van der Waals surface area contributed by atoms with E-state index in [-0.39, 0.29) is 36.4 Å². The van der Waals surface area contributed by atoms with Crippen LogP contribution in [0.5, 0.6) is 0 Å². The number of amides is 6. The maximum absolute atomic E-state index is 12.8. The van der Waals surface area contributed by atoms with Crippen molar-refractivity contribution in [2.45, 2.75) is 25.4 Å². The Labute approximate surface area is 181 Å². The molecule has 2 aromatic carbocycles. The molecule has 31 heavy (non-hydrogen) atoms. The standard InChI is InChI=1S/C21H17ClN4O5/c22-14-3-1-2-4-15(14)23-21(31)25-18(28)11-5-6-12-10-26(20(30)13(12)9-11)16-7-8-17(27)24-19(16)29/h1-6,9,16H,7-8,10H2,(H,24,27,29)(H2,23,25,28,31). The Kier molecular flexibility index (Phi) is 5.43. The van der Waals surface area contributed by atoms with Gasteiger partial charge in [0.1, 0.15) is 6.04 Å². The molecule has 2 aliphatic heterocycles. The van der Waals surface area contributed by atoms with Crippen LogP contribution in [0.15, 0.2) is 42.5 Å². The highest BCUT2D eigenvalue weighted by atomic mass is 35.5. The second-order valence-corrected chi connectivity index (χ2v) is 7.57. The van der Waals surface area contributed by atoms with Gasteiger partial charge in [-0.15, -0.1) is 0 Å². The minimum Gasteiger partial charge on any atom is -0.322 e. The first kappa shape index (κ1) is 20.5. The molecule has 2 aliphatic rings. The first-order chi connectivity index (χ1) is 14.8. The Morgan fingerprint density at radius 3 is 2.61 bits per heavy atom. The Morgan fingerprint density at radius 2 is 1.87 bits per heavy atom. The normalized spacial score (nSPS) is 17.8. The summed E-state index contributed by atoms with van der Waals surface area (Å²) in [6.45, 7) is 0.204. The van der Waals surface area contributed by atoms with Crippen molar-refractivity contribution in [3.05, 3.63) is 64.2 Å². The molecule has 1 atom stereocenters. The van der Waals surface area contributed by atoms with Gasteiger partial charge in [-0.05, 0) is 36.2 Å². The zero-order valence-electron chi connectivity index (χ0n) is 16.1. The molecule has 0 bridgehead atoms. The van der Waals surface area contributed by atoms with Crippen LogP contribution in [0.25, 0.3) is 0 Å². The number of carbonyl (C=O) groups is 5. The fraction of sp³-hybridized carbons (Fsp3) is 0.190. The molecule has 10 heteroatoms. The summed E-state index contributed by atoms with van der Waals surface area (Å²) >= 11 is 5.98. The predicted molar refractivity (Wildman–Crippen MR) is 110 cm³/mol. The second-order valence-electron chi connectivity index (χ2n) is 7.16. The molecule has 0 radical (unpaired) electrons. The van der Waals surface area contributed by atoms with Gasteiger partial charge >= 0.3 is 6.03 Å². The van der Waals surface area contributed by atoms with Crippen molar-refractivity contribution in [1.82, 2.24) is 15.5 Å². The third-order valence-corrected chi connectivity index (χ3v) is 5.47. The fourth-order valence-electron chi connectivity index (χ4n) is 3.59. The zero-order chi connectivity index (χ0) is 22.1. The van der Waals surface area contributed by atoms with Gasteiger partial charge in [0, 0.05) is 24.1 Å². The van der Waals surface area contributed by atoms with E-state index in [4.69, 9.17) is 11.6 Å². The lowest BCUT2D eigenvalue weighted by atomic mass is 10.0. The van der Waals surface area contributed by atoms with E-state index >= 15 is 0 Å². The monoisotopic (exact) mass is 440 g/mol. The van der Waals surface area contributed by atoms with Crippen molar-refractivity contribution in [2.75, 3.05) is 5.32 Å². The number of piperidine rings is 1. The number of fused-ring (bicyclic) bond motifs is 1. The molecule has 0 saturated carbocycles. The van der Waals surface area contributed by atoms with Gasteiger partial charge < -0.3 is 10.2 Å². The SMILES string of the molecule is O=C1CCC(N2Cc3ccc(C(=O)NC(=O)Nc4ccccc4Cl)cc3C2=O)C(=O)N1. The highest BCUT2D eigenvalue weighted by Crippen LogP contribution is 2.28. The van der Waals surface area contributed by atoms with Gasteiger partial charge in [-0.3, -0.25) is 29.8 Å². The van der Waals surface area contributed by atoms with Gasteiger partial charge in [-0.1, -0.05) is 29.8 Å². The third kappa shape index (κ3) is 4.13. The third-order valence-electron chi connectivity index (χ3n) is 5.14. The maximum atomic E-state index is 12.8. The number of benzene rings is 2. The summed E-state index contributed by atoms with van der Waals surface area (Å²) in [6, 6.07) is 9.56. The number of hydrogen-bond donors (Lipinski definition) is 3. The molecule has 1 fully saturated rings. The first-order valence-electron chi connectivity index (χ1n) is 9.48. The molecule has 1 unspecified atom stereocenters. The number of anilines is 1. The Bertz CT molecular complexity index is 1130. The van der Waals surface area contributed by atoms with Crippen molar-refractivity contribution < 1.29 is 24.0 Å². The van der Waals surface area contributed by atoms with Crippen molar-refractivity contribution >= 4 is 46.9 Å². The van der Waals surface area contributed by atoms with Crippen LogP contribution in [0.3, 0.4) is 0 Å².